The summed E-state index contributed by atoms with van der Waals surface area (Å²) in [5.41, 5.74) is 9.52. The van der Waals surface area contributed by atoms with Gasteiger partial charge in [-0.2, -0.15) is 0 Å². The SMILES string of the molecule is CCn1c(-c2cccnc2COC)c2c3cc(ccc31)-c1cc(O)cc(c1)C[C@H](NC(=O)[C@H](C(C)C)N(C)C(=O)[C@H]1CCN(C(=O)C#CCN3CCOCC3)C1)C(=O)N1CCC[C@H](N1)C(=O)OCC(C)(C)C2. The average Bonchev–Trinajstić information content (AvgIpc) is 3.98. The smallest absolute Gasteiger partial charge is 0.324 e. The third-order valence-corrected chi connectivity index (χ3v) is 14.4. The molecule has 3 fully saturated rings. The summed E-state index contributed by atoms with van der Waals surface area (Å²) in [6, 6.07) is 12.4. The highest BCUT2D eigenvalue weighted by atomic mass is 16.5. The number of phenolic OH excluding ortho intramolecular Hbond substituents is 1. The molecule has 384 valence electrons. The average molecular weight is 987 g/mol. The van der Waals surface area contributed by atoms with Gasteiger partial charge in [-0.05, 0) is 103 Å². The largest absolute Gasteiger partial charge is 0.508 e. The molecule has 4 amide bonds. The first-order chi connectivity index (χ1) is 34.5. The van der Waals surface area contributed by atoms with Gasteiger partial charge in [-0.25, -0.2) is 5.43 Å². The minimum absolute atomic E-state index is 0.0151. The van der Waals surface area contributed by atoms with Gasteiger partial charge in [-0.3, -0.25) is 38.9 Å². The van der Waals surface area contributed by atoms with Crippen molar-refractivity contribution in [3.05, 3.63) is 71.5 Å². The Balaban J connectivity index is 1.11. The molecule has 4 aliphatic rings. The van der Waals surface area contributed by atoms with Gasteiger partial charge in [0, 0.05) is 87.9 Å². The van der Waals surface area contributed by atoms with Crippen LogP contribution in [0.25, 0.3) is 33.3 Å². The van der Waals surface area contributed by atoms with E-state index < -0.39 is 47.2 Å². The molecule has 4 atom stereocenters. The first-order valence-corrected chi connectivity index (χ1v) is 25.4. The molecular formula is C55H70N8O9. The molecule has 0 aliphatic carbocycles. The van der Waals surface area contributed by atoms with E-state index in [1.807, 2.05) is 32.0 Å². The monoisotopic (exact) mass is 987 g/mol. The quantitative estimate of drug-likeness (QED) is 0.149. The van der Waals surface area contributed by atoms with Crippen LogP contribution in [-0.2, 0) is 64.2 Å². The minimum Gasteiger partial charge on any atom is -0.508 e. The molecule has 8 rings (SSSR count). The van der Waals surface area contributed by atoms with Crippen LogP contribution in [0.3, 0.4) is 0 Å². The van der Waals surface area contributed by atoms with Crippen LogP contribution in [0, 0.1) is 29.1 Å². The number of phenols is 1. The molecule has 2 aromatic heterocycles. The molecule has 3 N–H and O–H groups in total. The maximum absolute atomic E-state index is 14.8. The number of nitrogens with zero attached hydrogens (tertiary/aromatic N) is 6. The van der Waals surface area contributed by atoms with E-state index >= 15 is 0 Å². The number of likely N-dealkylation sites (tertiary alicyclic amines) is 1. The zero-order valence-corrected chi connectivity index (χ0v) is 42.8. The number of carbonyl (C=O) groups excluding carboxylic acids is 5. The molecule has 0 radical (unpaired) electrons. The van der Waals surface area contributed by atoms with E-state index in [0.29, 0.717) is 76.3 Å². The molecule has 0 spiro atoms. The van der Waals surface area contributed by atoms with Gasteiger partial charge in [0.2, 0.25) is 11.8 Å². The number of cyclic esters (lactones) is 1. The Labute approximate surface area is 422 Å². The van der Waals surface area contributed by atoms with Crippen molar-refractivity contribution in [2.24, 2.45) is 17.3 Å². The van der Waals surface area contributed by atoms with Gasteiger partial charge in [0.05, 0.1) is 50.3 Å². The van der Waals surface area contributed by atoms with Crippen LogP contribution in [0.2, 0.25) is 0 Å². The first-order valence-electron chi connectivity index (χ1n) is 25.4. The number of aryl methyl sites for hydroxylation is 1. The lowest BCUT2D eigenvalue weighted by atomic mass is 9.84. The summed E-state index contributed by atoms with van der Waals surface area (Å²) in [7, 11) is 3.24. The van der Waals surface area contributed by atoms with Gasteiger partial charge in [-0.15, -0.1) is 0 Å². The molecule has 6 heterocycles. The molecule has 17 nitrogen and oxygen atoms in total. The molecule has 4 aromatic rings. The van der Waals surface area contributed by atoms with Crippen LogP contribution < -0.4 is 10.7 Å². The lowest BCUT2D eigenvalue weighted by Gasteiger charge is -2.37. The third kappa shape index (κ3) is 11.6. The van der Waals surface area contributed by atoms with Crippen LogP contribution in [0.4, 0.5) is 0 Å². The number of pyridine rings is 1. The van der Waals surface area contributed by atoms with Gasteiger partial charge in [-0.1, -0.05) is 45.7 Å². The standard InChI is InChI=1S/C55H70N8O9/c1-8-62-47-16-15-37-30-42(47)43(50(62)41-12-9-18-56-46(41)33-70-7)31-55(4,5)34-72-54(69)44-13-10-20-63(58-44)53(68)45(28-36-26-39(37)29-40(64)27-36)57-51(66)49(35(2)3)59(6)52(67)38-17-21-61(32-38)48(65)14-11-19-60-22-24-71-25-23-60/h9,12,15-16,18,26-27,29-30,35,38,44-45,49,58,64H,8,10,13,17,19-25,28,31-34H2,1-7H3,(H,57,66)/t38-,44-,45-,49-/m0/s1. The maximum atomic E-state index is 14.8. The van der Waals surface area contributed by atoms with E-state index in [1.165, 1.54) is 9.91 Å². The van der Waals surface area contributed by atoms with Crippen molar-refractivity contribution in [3.63, 3.8) is 0 Å². The number of hydrazine groups is 1. The second kappa shape index (κ2) is 22.6. The zero-order valence-electron chi connectivity index (χ0n) is 42.8. The molecular weight excluding hydrogens is 917 g/mol. The Bertz CT molecular complexity index is 2740. The summed E-state index contributed by atoms with van der Waals surface area (Å²) in [5.74, 6) is 2.67. The highest BCUT2D eigenvalue weighted by Gasteiger charge is 2.40. The van der Waals surface area contributed by atoms with Crippen molar-refractivity contribution in [2.45, 2.75) is 98.0 Å². The second-order valence-corrected chi connectivity index (χ2v) is 20.7. The number of benzene rings is 2. The predicted molar refractivity (Wildman–Crippen MR) is 272 cm³/mol. The Morgan fingerprint density at radius 2 is 1.83 bits per heavy atom. The predicted octanol–water partition coefficient (Wildman–Crippen LogP) is 4.56. The van der Waals surface area contributed by atoms with Gasteiger partial charge < -0.3 is 39.0 Å². The molecule has 2 aromatic carbocycles. The number of hydrogen-bond donors (Lipinski definition) is 3. The minimum atomic E-state index is -1.18. The second-order valence-electron chi connectivity index (χ2n) is 20.7. The van der Waals surface area contributed by atoms with Crippen molar-refractivity contribution in [1.82, 2.24) is 40.0 Å². The fourth-order valence-electron chi connectivity index (χ4n) is 10.7. The summed E-state index contributed by atoms with van der Waals surface area (Å²) in [4.78, 5) is 80.6. The molecule has 17 heteroatoms. The highest BCUT2D eigenvalue weighted by Crippen LogP contribution is 2.41. The molecule has 0 saturated carbocycles. The Hall–Kier alpha value is -6.32. The van der Waals surface area contributed by atoms with E-state index in [4.69, 9.17) is 19.2 Å². The third-order valence-electron chi connectivity index (χ3n) is 14.4. The van der Waals surface area contributed by atoms with Crippen LogP contribution >= 0.6 is 0 Å². The maximum Gasteiger partial charge on any atom is 0.324 e. The van der Waals surface area contributed by atoms with Crippen LogP contribution in [-0.4, -0.2) is 155 Å². The topological polar surface area (TPSA) is 188 Å². The highest BCUT2D eigenvalue weighted by molar-refractivity contribution is 5.97. The number of aromatic nitrogens is 2. The number of esters is 1. The zero-order chi connectivity index (χ0) is 51.3. The summed E-state index contributed by atoms with van der Waals surface area (Å²) < 4.78 is 19.4. The van der Waals surface area contributed by atoms with Crippen molar-refractivity contribution < 1.29 is 43.3 Å². The number of rotatable bonds is 10. The van der Waals surface area contributed by atoms with Gasteiger partial charge in [0.15, 0.2) is 0 Å². The summed E-state index contributed by atoms with van der Waals surface area (Å²) in [6.07, 6.45) is 3.65. The van der Waals surface area contributed by atoms with Gasteiger partial charge >= 0.3 is 5.97 Å². The lowest BCUT2D eigenvalue weighted by molar-refractivity contribution is -0.155. The molecule has 72 heavy (non-hydrogen) atoms. The molecule has 6 bridgehead atoms. The Morgan fingerprint density at radius 1 is 1.04 bits per heavy atom. The molecule has 0 unspecified atom stereocenters. The van der Waals surface area contributed by atoms with E-state index in [-0.39, 0.29) is 49.6 Å². The van der Waals surface area contributed by atoms with Crippen molar-refractivity contribution in [3.8, 4) is 40.0 Å². The van der Waals surface area contributed by atoms with Gasteiger partial charge in [0.1, 0.15) is 23.9 Å². The Morgan fingerprint density at radius 3 is 2.58 bits per heavy atom. The number of ether oxygens (including phenoxy) is 3. The number of nitrogens with one attached hydrogen (secondary N) is 2. The van der Waals surface area contributed by atoms with E-state index in [9.17, 15) is 29.1 Å². The number of likely N-dealkylation sites (N-methyl/N-ethyl adjacent to an activating group) is 1. The number of hydrogen-bond acceptors (Lipinski definition) is 12. The summed E-state index contributed by atoms with van der Waals surface area (Å²) >= 11 is 0. The Kier molecular flexibility index (Phi) is 16.3. The van der Waals surface area contributed by atoms with Gasteiger partial charge in [0.25, 0.3) is 11.8 Å². The fourth-order valence-corrected chi connectivity index (χ4v) is 10.7. The van der Waals surface area contributed by atoms with E-state index in [1.54, 1.807) is 37.4 Å². The summed E-state index contributed by atoms with van der Waals surface area (Å²) in [6.45, 7) is 15.1. The first kappa shape index (κ1) is 52.0. The molecule has 4 aliphatic heterocycles. The van der Waals surface area contributed by atoms with E-state index in [0.717, 1.165) is 52.1 Å². The fraction of sp³-hybridized carbons (Fsp3) is 0.527. The van der Waals surface area contributed by atoms with Crippen molar-refractivity contribution in [2.75, 3.05) is 73.2 Å². The number of aromatic hydroxyl groups is 1. The number of carbonyl (C=O) groups is 5. The van der Waals surface area contributed by atoms with Crippen LogP contribution in [0.1, 0.15) is 70.7 Å². The number of methoxy groups -OCH3 is 1. The van der Waals surface area contributed by atoms with E-state index in [2.05, 4.69) is 71.0 Å². The lowest BCUT2D eigenvalue weighted by Crippen LogP contribution is -2.62. The summed E-state index contributed by atoms with van der Waals surface area (Å²) in [5, 5.41) is 16.8. The normalized spacial score (nSPS) is 21.1. The van der Waals surface area contributed by atoms with Crippen LogP contribution in [0.5, 0.6) is 5.75 Å². The van der Waals surface area contributed by atoms with Crippen LogP contribution in [0.15, 0.2) is 54.7 Å². The van der Waals surface area contributed by atoms with Crippen molar-refractivity contribution >= 4 is 40.5 Å². The molecule has 3 saturated heterocycles. The number of fused-ring (bicyclic) bond motifs is 6. The number of amides is 4. The number of morpholine rings is 1. The van der Waals surface area contributed by atoms with Crippen molar-refractivity contribution in [1.29, 1.82) is 0 Å².